The number of sulfonamides is 1. The number of benzene rings is 2. The first-order valence-electron chi connectivity index (χ1n) is 6.66. The fourth-order valence-corrected chi connectivity index (χ4v) is 4.31. The molecule has 1 heterocycles. The highest BCUT2D eigenvalue weighted by atomic mass is 32.2. The van der Waals surface area contributed by atoms with E-state index < -0.39 is 10.0 Å². The molecule has 3 aromatic rings. The molecule has 2 aromatic carbocycles. The fourth-order valence-electron chi connectivity index (χ4n) is 2.20. The van der Waals surface area contributed by atoms with Gasteiger partial charge in [0, 0.05) is 6.04 Å². The first kappa shape index (κ1) is 15.0. The first-order valence-corrected chi connectivity index (χ1v) is 8.96. The average Bonchev–Trinajstić information content (AvgIpc) is 2.86. The molecule has 0 aliphatic heterocycles. The number of thiazole rings is 1. The number of hydrogen-bond acceptors (Lipinski definition) is 4. The zero-order chi connectivity index (χ0) is 15.7. The van der Waals surface area contributed by atoms with Gasteiger partial charge in [-0.25, -0.2) is 13.1 Å². The van der Waals surface area contributed by atoms with Gasteiger partial charge in [-0.05, 0) is 30.7 Å². The molecule has 3 rings (SSSR count). The van der Waals surface area contributed by atoms with Crippen LogP contribution in [0.5, 0.6) is 0 Å². The van der Waals surface area contributed by atoms with E-state index in [0.29, 0.717) is 10.2 Å². The summed E-state index contributed by atoms with van der Waals surface area (Å²) in [4.78, 5) is 13.9. The van der Waals surface area contributed by atoms with Crippen molar-refractivity contribution in [3.63, 3.8) is 0 Å². The van der Waals surface area contributed by atoms with Crippen molar-refractivity contribution >= 4 is 31.6 Å². The minimum absolute atomic E-state index is 0.151. The van der Waals surface area contributed by atoms with Crippen molar-refractivity contribution in [3.05, 3.63) is 63.8 Å². The van der Waals surface area contributed by atoms with Crippen molar-refractivity contribution < 1.29 is 8.42 Å². The lowest BCUT2D eigenvalue weighted by Crippen LogP contribution is -2.26. The van der Waals surface area contributed by atoms with Crippen LogP contribution in [0.25, 0.3) is 10.2 Å². The van der Waals surface area contributed by atoms with E-state index in [0.717, 1.165) is 16.9 Å². The van der Waals surface area contributed by atoms with Gasteiger partial charge in [-0.2, -0.15) is 0 Å². The van der Waals surface area contributed by atoms with Gasteiger partial charge in [0.25, 0.3) is 0 Å². The van der Waals surface area contributed by atoms with Crippen molar-refractivity contribution in [2.45, 2.75) is 17.9 Å². The van der Waals surface area contributed by atoms with Crippen LogP contribution >= 0.6 is 11.3 Å². The van der Waals surface area contributed by atoms with Gasteiger partial charge in [0.2, 0.25) is 10.0 Å². The second-order valence-corrected chi connectivity index (χ2v) is 7.65. The number of hydrogen-bond donors (Lipinski definition) is 2. The summed E-state index contributed by atoms with van der Waals surface area (Å²) in [6, 6.07) is 13.6. The lowest BCUT2D eigenvalue weighted by molar-refractivity contribution is 0.567. The van der Waals surface area contributed by atoms with Crippen LogP contribution in [0.15, 0.2) is 58.2 Å². The predicted octanol–water partition coefficient (Wildman–Crippen LogP) is 2.63. The number of rotatable bonds is 4. The highest BCUT2D eigenvalue weighted by molar-refractivity contribution is 7.89. The predicted molar refractivity (Wildman–Crippen MR) is 87.6 cm³/mol. The molecule has 0 bridgehead atoms. The molecule has 0 fully saturated rings. The van der Waals surface area contributed by atoms with Gasteiger partial charge in [0.15, 0.2) is 0 Å². The van der Waals surface area contributed by atoms with E-state index in [9.17, 15) is 13.2 Å². The molecule has 7 heteroatoms. The molecule has 0 radical (unpaired) electrons. The largest absolute Gasteiger partial charge is 0.312 e. The quantitative estimate of drug-likeness (QED) is 0.770. The van der Waals surface area contributed by atoms with Crippen LogP contribution in [0.4, 0.5) is 0 Å². The Labute approximate surface area is 131 Å². The minimum Gasteiger partial charge on any atom is -0.312 e. The fraction of sp³-hybridized carbons (Fsp3) is 0.133. The van der Waals surface area contributed by atoms with E-state index in [1.807, 2.05) is 30.3 Å². The van der Waals surface area contributed by atoms with E-state index in [-0.39, 0.29) is 15.8 Å². The maximum absolute atomic E-state index is 12.5. The van der Waals surface area contributed by atoms with Crippen LogP contribution in [0, 0.1) is 0 Å². The van der Waals surface area contributed by atoms with E-state index >= 15 is 0 Å². The second-order valence-electron chi connectivity index (χ2n) is 4.93. The van der Waals surface area contributed by atoms with Gasteiger partial charge < -0.3 is 4.98 Å². The maximum Gasteiger partial charge on any atom is 0.305 e. The Kier molecular flexibility index (Phi) is 3.86. The number of aromatic amines is 1. The van der Waals surface area contributed by atoms with Gasteiger partial charge in [-0.1, -0.05) is 41.7 Å². The van der Waals surface area contributed by atoms with Crippen LogP contribution < -0.4 is 9.60 Å². The molecule has 1 unspecified atom stereocenters. The SMILES string of the molecule is CC(NS(=O)(=O)c1ccc2[nH]c(=O)sc2c1)c1ccccc1. The van der Waals surface area contributed by atoms with Crippen molar-refractivity contribution in [3.8, 4) is 0 Å². The zero-order valence-corrected chi connectivity index (χ0v) is 13.4. The third-order valence-electron chi connectivity index (χ3n) is 3.33. The summed E-state index contributed by atoms with van der Waals surface area (Å²) < 4.78 is 28.2. The van der Waals surface area contributed by atoms with Crippen molar-refractivity contribution in [2.24, 2.45) is 0 Å². The zero-order valence-electron chi connectivity index (χ0n) is 11.7. The number of H-pyrrole nitrogens is 1. The Morgan fingerprint density at radius 1 is 1.14 bits per heavy atom. The molecule has 0 aliphatic carbocycles. The Balaban J connectivity index is 1.92. The smallest absolute Gasteiger partial charge is 0.305 e. The third kappa shape index (κ3) is 2.96. The van der Waals surface area contributed by atoms with Crippen LogP contribution in [0.3, 0.4) is 0 Å². The van der Waals surface area contributed by atoms with Gasteiger partial charge >= 0.3 is 4.87 Å². The second kappa shape index (κ2) is 5.68. The van der Waals surface area contributed by atoms with Crippen LogP contribution in [0.2, 0.25) is 0 Å². The van der Waals surface area contributed by atoms with E-state index in [4.69, 9.17) is 0 Å². The summed E-state index contributed by atoms with van der Waals surface area (Å²) in [6.45, 7) is 1.79. The number of fused-ring (bicyclic) bond motifs is 1. The van der Waals surface area contributed by atoms with Crippen LogP contribution in [0.1, 0.15) is 18.5 Å². The molecule has 114 valence electrons. The molecule has 5 nitrogen and oxygen atoms in total. The lowest BCUT2D eigenvalue weighted by atomic mass is 10.1. The minimum atomic E-state index is -3.65. The lowest BCUT2D eigenvalue weighted by Gasteiger charge is -2.14. The Hall–Kier alpha value is -1.96. The van der Waals surface area contributed by atoms with Gasteiger partial charge in [-0.15, -0.1) is 0 Å². The van der Waals surface area contributed by atoms with Crippen LogP contribution in [-0.4, -0.2) is 13.4 Å². The molecule has 2 N–H and O–H groups in total. The number of nitrogens with one attached hydrogen (secondary N) is 2. The average molecular weight is 334 g/mol. The summed E-state index contributed by atoms with van der Waals surface area (Å²) in [6.07, 6.45) is 0. The highest BCUT2D eigenvalue weighted by Gasteiger charge is 2.19. The molecule has 22 heavy (non-hydrogen) atoms. The maximum atomic E-state index is 12.5. The van der Waals surface area contributed by atoms with E-state index in [1.54, 1.807) is 13.0 Å². The summed E-state index contributed by atoms with van der Waals surface area (Å²) >= 11 is 0.994. The van der Waals surface area contributed by atoms with Crippen molar-refractivity contribution in [2.75, 3.05) is 0 Å². The number of aromatic nitrogens is 1. The molecular formula is C15H14N2O3S2. The van der Waals surface area contributed by atoms with E-state index in [2.05, 4.69) is 9.71 Å². The van der Waals surface area contributed by atoms with Gasteiger partial charge in [0.1, 0.15) is 0 Å². The highest BCUT2D eigenvalue weighted by Crippen LogP contribution is 2.21. The normalized spacial score (nSPS) is 13.3. The summed E-state index contributed by atoms with van der Waals surface area (Å²) in [5, 5.41) is 0. The molecule has 0 aliphatic rings. The van der Waals surface area contributed by atoms with Gasteiger partial charge in [0.05, 0.1) is 15.1 Å². The van der Waals surface area contributed by atoms with Crippen molar-refractivity contribution in [1.29, 1.82) is 0 Å². The van der Waals surface area contributed by atoms with E-state index in [1.165, 1.54) is 12.1 Å². The Bertz CT molecular complexity index is 959. The monoisotopic (exact) mass is 334 g/mol. The standard InChI is InChI=1S/C15H14N2O3S2/c1-10(11-5-3-2-4-6-11)17-22(19,20)12-7-8-13-14(9-12)21-15(18)16-13/h2-10,17H,1H3,(H,16,18). The summed E-state index contributed by atoms with van der Waals surface area (Å²) in [5.41, 5.74) is 1.53. The molecule has 0 spiro atoms. The summed E-state index contributed by atoms with van der Waals surface area (Å²) in [7, 11) is -3.65. The summed E-state index contributed by atoms with van der Waals surface area (Å²) in [5.74, 6) is 0. The molecule has 0 saturated heterocycles. The Morgan fingerprint density at radius 3 is 2.59 bits per heavy atom. The van der Waals surface area contributed by atoms with Crippen LogP contribution in [-0.2, 0) is 10.0 Å². The van der Waals surface area contributed by atoms with Crippen molar-refractivity contribution in [1.82, 2.24) is 9.71 Å². The molecule has 0 saturated carbocycles. The van der Waals surface area contributed by atoms with Gasteiger partial charge in [-0.3, -0.25) is 4.79 Å². The molecule has 1 atom stereocenters. The molecule has 0 amide bonds. The Morgan fingerprint density at radius 2 is 1.86 bits per heavy atom. The molecule has 1 aromatic heterocycles. The first-order chi connectivity index (χ1) is 10.5. The topological polar surface area (TPSA) is 79.0 Å². The third-order valence-corrected chi connectivity index (χ3v) is 5.72. The molecular weight excluding hydrogens is 320 g/mol.